The van der Waals surface area contributed by atoms with E-state index in [9.17, 15) is 8.42 Å². The molecule has 0 aliphatic rings. The standard InChI is InChI=1S/C12H11BrCl2N2O3S/c1-16-6-7-2-5-10(20-7)21(18,19)17-9-4-3-8(13)11(14)12(9)15/h2-5,16-17H,6H2,1H3. The highest BCUT2D eigenvalue weighted by molar-refractivity contribution is 9.10. The van der Waals surface area contributed by atoms with Crippen molar-refractivity contribution >= 4 is 54.8 Å². The van der Waals surface area contributed by atoms with Gasteiger partial charge < -0.3 is 9.73 Å². The van der Waals surface area contributed by atoms with E-state index in [2.05, 4.69) is 26.0 Å². The van der Waals surface area contributed by atoms with Crippen LogP contribution < -0.4 is 10.0 Å². The number of rotatable bonds is 5. The minimum absolute atomic E-state index is 0.108. The summed E-state index contributed by atoms with van der Waals surface area (Å²) < 4.78 is 32.6. The second-order valence-corrected chi connectivity index (χ2v) is 7.30. The number of anilines is 1. The van der Waals surface area contributed by atoms with E-state index < -0.39 is 10.0 Å². The molecule has 1 aromatic heterocycles. The van der Waals surface area contributed by atoms with Crippen LogP contribution in [0.15, 0.2) is 38.2 Å². The third-order valence-corrected chi connectivity index (χ3v) is 5.54. The molecule has 2 aromatic rings. The van der Waals surface area contributed by atoms with Crippen molar-refractivity contribution in [3.05, 3.63) is 44.5 Å². The topological polar surface area (TPSA) is 71.3 Å². The van der Waals surface area contributed by atoms with Crippen LogP contribution in [0.4, 0.5) is 5.69 Å². The maximum Gasteiger partial charge on any atom is 0.295 e. The van der Waals surface area contributed by atoms with E-state index in [0.29, 0.717) is 16.8 Å². The summed E-state index contributed by atoms with van der Waals surface area (Å²) in [4.78, 5) is 0. The van der Waals surface area contributed by atoms with Crippen LogP contribution in [0.5, 0.6) is 0 Å². The summed E-state index contributed by atoms with van der Waals surface area (Å²) in [5.41, 5.74) is 0.177. The van der Waals surface area contributed by atoms with Gasteiger partial charge in [0.15, 0.2) is 0 Å². The van der Waals surface area contributed by atoms with Gasteiger partial charge in [-0.1, -0.05) is 23.2 Å². The van der Waals surface area contributed by atoms with Crippen molar-refractivity contribution in [2.45, 2.75) is 11.6 Å². The largest absolute Gasteiger partial charge is 0.446 e. The predicted octanol–water partition coefficient (Wildman–Crippen LogP) is 3.87. The molecule has 1 aromatic carbocycles. The molecule has 114 valence electrons. The molecule has 0 radical (unpaired) electrons. The molecule has 21 heavy (non-hydrogen) atoms. The molecular weight excluding hydrogens is 403 g/mol. The van der Waals surface area contributed by atoms with Gasteiger partial charge in [-0.2, -0.15) is 8.42 Å². The summed E-state index contributed by atoms with van der Waals surface area (Å²) in [6, 6.07) is 6.07. The van der Waals surface area contributed by atoms with Crippen molar-refractivity contribution in [1.82, 2.24) is 5.32 Å². The Morgan fingerprint density at radius 2 is 1.90 bits per heavy atom. The van der Waals surface area contributed by atoms with E-state index in [4.69, 9.17) is 27.6 Å². The summed E-state index contributed by atoms with van der Waals surface area (Å²) >= 11 is 15.2. The Bertz CT molecular complexity index is 762. The molecule has 0 aliphatic heterocycles. The summed E-state index contributed by atoms with van der Waals surface area (Å²) in [7, 11) is -2.13. The zero-order valence-corrected chi connectivity index (χ0v) is 14.7. The Hall–Kier alpha value is -0.730. The fourth-order valence-electron chi connectivity index (χ4n) is 1.57. The van der Waals surface area contributed by atoms with E-state index in [1.807, 2.05) is 0 Å². The van der Waals surface area contributed by atoms with Crippen LogP contribution in [0.25, 0.3) is 0 Å². The average Bonchev–Trinajstić information content (AvgIpc) is 2.89. The summed E-state index contributed by atoms with van der Waals surface area (Å²) in [5, 5.41) is 3.01. The fraction of sp³-hybridized carbons (Fsp3) is 0.167. The minimum Gasteiger partial charge on any atom is -0.446 e. The fourth-order valence-corrected chi connectivity index (χ4v) is 3.47. The molecule has 0 saturated heterocycles. The van der Waals surface area contributed by atoms with Gasteiger partial charge in [-0.25, -0.2) is 0 Å². The number of halogens is 3. The Kier molecular flexibility index (Phi) is 5.21. The lowest BCUT2D eigenvalue weighted by molar-refractivity contribution is 0.408. The molecule has 2 rings (SSSR count). The van der Waals surface area contributed by atoms with E-state index in [1.54, 1.807) is 19.2 Å². The molecular formula is C12H11BrCl2N2O3S. The lowest BCUT2D eigenvalue weighted by atomic mass is 10.3. The number of benzene rings is 1. The maximum atomic E-state index is 12.2. The van der Waals surface area contributed by atoms with Crippen LogP contribution in [-0.2, 0) is 16.6 Å². The molecule has 0 fully saturated rings. The Balaban J connectivity index is 2.31. The predicted molar refractivity (Wildman–Crippen MR) is 86.4 cm³/mol. The summed E-state index contributed by atoms with van der Waals surface area (Å²) in [6.07, 6.45) is 0. The van der Waals surface area contributed by atoms with Crippen LogP contribution >= 0.6 is 39.1 Å². The first kappa shape index (κ1) is 16.6. The summed E-state index contributed by atoms with van der Waals surface area (Å²) in [5.74, 6) is 0.512. The van der Waals surface area contributed by atoms with Crippen molar-refractivity contribution in [2.24, 2.45) is 0 Å². The van der Waals surface area contributed by atoms with Gasteiger partial charge in [0.1, 0.15) is 5.76 Å². The second kappa shape index (κ2) is 6.58. The molecule has 9 heteroatoms. The van der Waals surface area contributed by atoms with Crippen molar-refractivity contribution in [3.8, 4) is 0 Å². The molecule has 0 amide bonds. The maximum absolute atomic E-state index is 12.2. The van der Waals surface area contributed by atoms with Crippen molar-refractivity contribution in [3.63, 3.8) is 0 Å². The third kappa shape index (κ3) is 3.73. The SMILES string of the molecule is CNCc1ccc(S(=O)(=O)Nc2ccc(Br)c(Cl)c2Cl)o1. The molecule has 0 atom stereocenters. The van der Waals surface area contributed by atoms with E-state index in [1.165, 1.54) is 12.1 Å². The monoisotopic (exact) mass is 412 g/mol. The van der Waals surface area contributed by atoms with Crippen LogP contribution in [0.3, 0.4) is 0 Å². The van der Waals surface area contributed by atoms with Crippen LogP contribution in [0.2, 0.25) is 10.0 Å². The van der Waals surface area contributed by atoms with Crippen LogP contribution in [0, 0.1) is 0 Å². The Morgan fingerprint density at radius 1 is 1.19 bits per heavy atom. The summed E-state index contributed by atoms with van der Waals surface area (Å²) in [6.45, 7) is 0.431. The smallest absolute Gasteiger partial charge is 0.295 e. The lowest BCUT2D eigenvalue weighted by Crippen LogP contribution is -2.12. The van der Waals surface area contributed by atoms with Crippen molar-refractivity contribution in [2.75, 3.05) is 11.8 Å². The van der Waals surface area contributed by atoms with Gasteiger partial charge in [0.05, 0.1) is 22.3 Å². The van der Waals surface area contributed by atoms with Crippen molar-refractivity contribution in [1.29, 1.82) is 0 Å². The Morgan fingerprint density at radius 3 is 2.57 bits per heavy atom. The number of furan rings is 1. The zero-order valence-electron chi connectivity index (χ0n) is 10.8. The van der Waals surface area contributed by atoms with Gasteiger partial charge in [-0.15, -0.1) is 0 Å². The average molecular weight is 414 g/mol. The van der Waals surface area contributed by atoms with Crippen LogP contribution in [-0.4, -0.2) is 15.5 Å². The second-order valence-electron chi connectivity index (χ2n) is 4.08. The van der Waals surface area contributed by atoms with E-state index >= 15 is 0 Å². The highest BCUT2D eigenvalue weighted by atomic mass is 79.9. The molecule has 0 unspecified atom stereocenters. The highest BCUT2D eigenvalue weighted by Crippen LogP contribution is 2.36. The molecule has 0 spiro atoms. The van der Waals surface area contributed by atoms with Gasteiger partial charge >= 0.3 is 0 Å². The van der Waals surface area contributed by atoms with E-state index in [0.717, 1.165) is 0 Å². The third-order valence-electron chi connectivity index (χ3n) is 2.53. The van der Waals surface area contributed by atoms with Gasteiger partial charge in [0, 0.05) is 4.47 Å². The number of sulfonamides is 1. The molecule has 2 N–H and O–H groups in total. The van der Waals surface area contributed by atoms with Crippen LogP contribution in [0.1, 0.15) is 5.76 Å². The molecule has 0 bridgehead atoms. The first-order valence-electron chi connectivity index (χ1n) is 5.75. The molecule has 0 aliphatic carbocycles. The van der Waals surface area contributed by atoms with Gasteiger partial charge in [0.2, 0.25) is 5.09 Å². The molecule has 0 saturated carbocycles. The first-order valence-corrected chi connectivity index (χ1v) is 8.78. The number of hydrogen-bond donors (Lipinski definition) is 2. The number of hydrogen-bond acceptors (Lipinski definition) is 4. The highest BCUT2D eigenvalue weighted by Gasteiger charge is 2.21. The van der Waals surface area contributed by atoms with E-state index in [-0.39, 0.29) is 20.8 Å². The molecule has 1 heterocycles. The first-order chi connectivity index (χ1) is 9.85. The van der Waals surface area contributed by atoms with Crippen molar-refractivity contribution < 1.29 is 12.8 Å². The quantitative estimate of drug-likeness (QED) is 0.729. The Labute approximate surface area is 140 Å². The normalized spacial score (nSPS) is 11.6. The van der Waals surface area contributed by atoms with Gasteiger partial charge in [-0.3, -0.25) is 4.72 Å². The zero-order chi connectivity index (χ0) is 15.6. The lowest BCUT2D eigenvalue weighted by Gasteiger charge is -2.09. The minimum atomic E-state index is -3.87. The van der Waals surface area contributed by atoms with Gasteiger partial charge in [0.25, 0.3) is 10.0 Å². The molecule has 5 nitrogen and oxygen atoms in total. The number of nitrogens with one attached hydrogen (secondary N) is 2. The van der Waals surface area contributed by atoms with Gasteiger partial charge in [-0.05, 0) is 47.2 Å².